The zero-order valence-corrected chi connectivity index (χ0v) is 12.5. The summed E-state index contributed by atoms with van der Waals surface area (Å²) in [5.74, 6) is -0.0598. The predicted octanol–water partition coefficient (Wildman–Crippen LogP) is 4.08. The number of nitrogens with zero attached hydrogens (tertiary/aromatic N) is 1. The van der Waals surface area contributed by atoms with Crippen LogP contribution in [0.2, 0.25) is 0 Å². The van der Waals surface area contributed by atoms with Crippen molar-refractivity contribution in [3.63, 3.8) is 0 Å². The van der Waals surface area contributed by atoms with E-state index in [9.17, 15) is 4.79 Å². The van der Waals surface area contributed by atoms with Gasteiger partial charge in [0, 0.05) is 6.21 Å². The van der Waals surface area contributed by atoms with Crippen molar-refractivity contribution in [2.45, 2.75) is 58.3 Å². The van der Waals surface area contributed by atoms with Crippen LogP contribution in [-0.2, 0) is 11.2 Å². The van der Waals surface area contributed by atoms with E-state index in [4.69, 9.17) is 0 Å². The average molecular weight is 274 g/mol. The van der Waals surface area contributed by atoms with Gasteiger partial charge >= 0.3 is 0 Å². The van der Waals surface area contributed by atoms with Crippen LogP contribution in [-0.4, -0.2) is 12.1 Å². The van der Waals surface area contributed by atoms with Gasteiger partial charge in [0.2, 0.25) is 5.91 Å². The van der Waals surface area contributed by atoms with Crippen LogP contribution in [0.3, 0.4) is 0 Å². The minimum atomic E-state index is -0.0598. The van der Waals surface area contributed by atoms with Crippen LogP contribution in [0.5, 0.6) is 0 Å². The van der Waals surface area contributed by atoms with Gasteiger partial charge in [0.25, 0.3) is 0 Å². The second-order valence-corrected chi connectivity index (χ2v) is 5.07. The van der Waals surface area contributed by atoms with Crippen molar-refractivity contribution in [3.05, 3.63) is 35.9 Å². The number of carbonyl (C=O) groups is 1. The van der Waals surface area contributed by atoms with Gasteiger partial charge in [-0.25, -0.2) is 5.43 Å². The summed E-state index contributed by atoms with van der Waals surface area (Å²) >= 11 is 0. The number of nitrogens with one attached hydrogen (secondary N) is 1. The Kier molecular flexibility index (Phi) is 9.20. The molecule has 0 saturated heterocycles. The van der Waals surface area contributed by atoms with Crippen LogP contribution in [0.25, 0.3) is 0 Å². The van der Waals surface area contributed by atoms with Crippen LogP contribution in [0.1, 0.15) is 57.4 Å². The number of hydrogen-bond acceptors (Lipinski definition) is 2. The van der Waals surface area contributed by atoms with Gasteiger partial charge in [0.1, 0.15) is 0 Å². The third-order valence-electron chi connectivity index (χ3n) is 3.17. The van der Waals surface area contributed by atoms with Gasteiger partial charge in [-0.1, -0.05) is 69.4 Å². The summed E-state index contributed by atoms with van der Waals surface area (Å²) in [6.45, 7) is 2.23. The summed E-state index contributed by atoms with van der Waals surface area (Å²) < 4.78 is 0. The summed E-state index contributed by atoms with van der Waals surface area (Å²) in [7, 11) is 0. The van der Waals surface area contributed by atoms with Crippen LogP contribution in [0, 0.1) is 0 Å². The molecule has 1 aromatic rings. The van der Waals surface area contributed by atoms with Crippen LogP contribution in [0.4, 0.5) is 0 Å². The molecule has 0 aliphatic heterocycles. The lowest BCUT2D eigenvalue weighted by Gasteiger charge is -2.00. The second kappa shape index (κ2) is 11.2. The first-order valence-corrected chi connectivity index (χ1v) is 7.67. The Morgan fingerprint density at radius 3 is 2.55 bits per heavy atom. The van der Waals surface area contributed by atoms with Gasteiger partial charge in [-0.3, -0.25) is 4.79 Å². The molecule has 1 N–H and O–H groups in total. The number of hydrogen-bond donors (Lipinski definition) is 1. The number of unbranched alkanes of at least 4 members (excludes halogenated alkanes) is 6. The van der Waals surface area contributed by atoms with Crippen molar-refractivity contribution in [2.75, 3.05) is 0 Å². The van der Waals surface area contributed by atoms with Crippen molar-refractivity contribution in [3.8, 4) is 0 Å². The average Bonchev–Trinajstić information content (AvgIpc) is 2.46. The van der Waals surface area contributed by atoms with E-state index < -0.39 is 0 Å². The molecule has 110 valence electrons. The largest absolute Gasteiger partial charge is 0.273 e. The zero-order valence-electron chi connectivity index (χ0n) is 12.5. The smallest absolute Gasteiger partial charge is 0.244 e. The second-order valence-electron chi connectivity index (χ2n) is 5.07. The molecule has 0 aliphatic rings. The van der Waals surface area contributed by atoms with E-state index in [1.54, 1.807) is 0 Å². The van der Waals surface area contributed by atoms with Gasteiger partial charge in [-0.2, -0.15) is 5.10 Å². The normalized spacial score (nSPS) is 10.8. The molecule has 0 bridgehead atoms. The van der Waals surface area contributed by atoms with Gasteiger partial charge in [-0.05, 0) is 18.4 Å². The molecular weight excluding hydrogens is 248 g/mol. The van der Waals surface area contributed by atoms with Gasteiger partial charge in [0.05, 0.1) is 6.42 Å². The van der Waals surface area contributed by atoms with E-state index in [1.165, 1.54) is 32.1 Å². The summed E-state index contributed by atoms with van der Waals surface area (Å²) in [5.41, 5.74) is 3.58. The number of carbonyl (C=O) groups excluding carboxylic acids is 1. The van der Waals surface area contributed by atoms with E-state index in [-0.39, 0.29) is 5.91 Å². The highest BCUT2D eigenvalue weighted by Gasteiger charge is 2.00. The highest BCUT2D eigenvalue weighted by Crippen LogP contribution is 2.05. The Labute approximate surface area is 122 Å². The molecule has 0 heterocycles. The topological polar surface area (TPSA) is 41.5 Å². The highest BCUT2D eigenvalue weighted by molar-refractivity contribution is 5.79. The Morgan fingerprint density at radius 1 is 1.10 bits per heavy atom. The van der Waals surface area contributed by atoms with E-state index in [2.05, 4.69) is 17.5 Å². The molecule has 3 nitrogen and oxygen atoms in total. The molecular formula is C17H26N2O. The van der Waals surface area contributed by atoms with E-state index >= 15 is 0 Å². The maximum Gasteiger partial charge on any atom is 0.244 e. The first kappa shape index (κ1) is 16.4. The lowest BCUT2D eigenvalue weighted by molar-refractivity contribution is -0.120. The lowest BCUT2D eigenvalue weighted by atomic mass is 10.1. The third kappa shape index (κ3) is 8.46. The molecule has 0 unspecified atom stereocenters. The fourth-order valence-electron chi connectivity index (χ4n) is 2.02. The van der Waals surface area contributed by atoms with Crippen molar-refractivity contribution in [1.29, 1.82) is 0 Å². The fourth-order valence-corrected chi connectivity index (χ4v) is 2.02. The van der Waals surface area contributed by atoms with E-state index in [1.807, 2.05) is 36.5 Å². The van der Waals surface area contributed by atoms with Gasteiger partial charge in [-0.15, -0.1) is 0 Å². The summed E-state index contributed by atoms with van der Waals surface area (Å²) in [4.78, 5) is 11.6. The van der Waals surface area contributed by atoms with Crippen LogP contribution < -0.4 is 5.43 Å². The number of hydrazone groups is 1. The summed E-state index contributed by atoms with van der Waals surface area (Å²) in [5, 5.41) is 3.98. The minimum Gasteiger partial charge on any atom is -0.273 e. The maximum absolute atomic E-state index is 11.6. The molecule has 0 fully saturated rings. The van der Waals surface area contributed by atoms with Crippen molar-refractivity contribution >= 4 is 12.1 Å². The quantitative estimate of drug-likeness (QED) is 0.390. The van der Waals surface area contributed by atoms with Gasteiger partial charge in [0.15, 0.2) is 0 Å². The lowest BCUT2D eigenvalue weighted by Crippen LogP contribution is -2.19. The number of rotatable bonds is 10. The molecule has 0 aliphatic carbocycles. The molecule has 0 saturated carbocycles. The van der Waals surface area contributed by atoms with Crippen LogP contribution in [0.15, 0.2) is 35.4 Å². The van der Waals surface area contributed by atoms with Crippen molar-refractivity contribution in [1.82, 2.24) is 5.43 Å². The number of amides is 1. The van der Waals surface area contributed by atoms with Crippen molar-refractivity contribution in [2.24, 2.45) is 5.10 Å². The molecule has 1 rings (SSSR count). The molecule has 1 amide bonds. The third-order valence-corrected chi connectivity index (χ3v) is 3.17. The Morgan fingerprint density at radius 2 is 1.80 bits per heavy atom. The Balaban J connectivity index is 2.02. The molecule has 0 aromatic heterocycles. The molecule has 0 spiro atoms. The summed E-state index contributed by atoms with van der Waals surface area (Å²) in [6.07, 6.45) is 10.8. The Bertz CT molecular complexity index is 387. The fraction of sp³-hybridized carbons (Fsp3) is 0.529. The molecule has 20 heavy (non-hydrogen) atoms. The molecule has 3 heteroatoms. The summed E-state index contributed by atoms with van der Waals surface area (Å²) in [6, 6.07) is 9.70. The van der Waals surface area contributed by atoms with E-state index in [0.29, 0.717) is 6.42 Å². The predicted molar refractivity (Wildman–Crippen MR) is 84.8 cm³/mol. The molecule has 0 radical (unpaired) electrons. The van der Waals surface area contributed by atoms with Crippen molar-refractivity contribution < 1.29 is 4.79 Å². The highest BCUT2D eigenvalue weighted by atomic mass is 16.2. The first-order valence-electron chi connectivity index (χ1n) is 7.67. The molecule has 1 aromatic carbocycles. The number of benzene rings is 1. The first-order chi connectivity index (χ1) is 9.83. The minimum absolute atomic E-state index is 0.0598. The van der Waals surface area contributed by atoms with E-state index in [0.717, 1.165) is 18.4 Å². The zero-order chi connectivity index (χ0) is 14.5. The van der Waals surface area contributed by atoms with Crippen LogP contribution >= 0.6 is 0 Å². The van der Waals surface area contributed by atoms with Gasteiger partial charge < -0.3 is 0 Å². The monoisotopic (exact) mass is 274 g/mol. The maximum atomic E-state index is 11.6. The molecule has 0 atom stereocenters. The standard InChI is InChI=1S/C17H26N2O/c1-2-3-4-5-6-7-11-14-18-19-17(20)15-16-12-9-8-10-13-16/h8-10,12-14H,2-7,11,15H2,1H3,(H,19,20). The SMILES string of the molecule is CCCCCCCCC=NNC(=O)Cc1ccccc1. The Hall–Kier alpha value is -1.64.